The number of hydrogen-bond acceptors (Lipinski definition) is 4. The Balaban J connectivity index is 2.13. The normalized spacial score (nSPS) is 24.9. The van der Waals surface area contributed by atoms with Crippen LogP contribution in [0.25, 0.3) is 0 Å². The standard InChI is InChI=1S/C12H27N3O/c1-14-6-3-4-11(8-14)5-7-15(2)9-12(13)10-16/h11-12,16H,3-10,13H2,1-2H3. The van der Waals surface area contributed by atoms with E-state index in [2.05, 4.69) is 23.9 Å². The zero-order chi connectivity index (χ0) is 12.0. The molecule has 1 heterocycles. The van der Waals surface area contributed by atoms with Gasteiger partial charge in [0, 0.05) is 19.1 Å². The van der Waals surface area contributed by atoms with E-state index in [9.17, 15) is 0 Å². The maximum absolute atomic E-state index is 8.88. The summed E-state index contributed by atoms with van der Waals surface area (Å²) >= 11 is 0. The number of piperidine rings is 1. The summed E-state index contributed by atoms with van der Waals surface area (Å²) in [6.07, 6.45) is 3.95. The van der Waals surface area contributed by atoms with E-state index in [0.29, 0.717) is 0 Å². The van der Waals surface area contributed by atoms with Crippen LogP contribution in [0.4, 0.5) is 0 Å². The van der Waals surface area contributed by atoms with Crippen LogP contribution >= 0.6 is 0 Å². The predicted octanol–water partition coefficient (Wildman–Crippen LogP) is -0.0303. The molecule has 1 aliphatic heterocycles. The molecule has 0 aromatic carbocycles. The molecule has 0 aromatic heterocycles. The lowest BCUT2D eigenvalue weighted by atomic mass is 9.95. The molecule has 16 heavy (non-hydrogen) atoms. The largest absolute Gasteiger partial charge is 0.395 e. The summed E-state index contributed by atoms with van der Waals surface area (Å²) in [5.41, 5.74) is 5.70. The smallest absolute Gasteiger partial charge is 0.0595 e. The van der Waals surface area contributed by atoms with Crippen molar-refractivity contribution < 1.29 is 5.11 Å². The molecule has 2 atom stereocenters. The Labute approximate surface area is 99.4 Å². The maximum atomic E-state index is 8.88. The van der Waals surface area contributed by atoms with Crippen LogP contribution < -0.4 is 5.73 Å². The summed E-state index contributed by atoms with van der Waals surface area (Å²) in [4.78, 5) is 4.66. The van der Waals surface area contributed by atoms with E-state index in [1.807, 2.05) is 0 Å². The predicted molar refractivity (Wildman–Crippen MR) is 67.4 cm³/mol. The van der Waals surface area contributed by atoms with E-state index in [-0.39, 0.29) is 12.6 Å². The molecular weight excluding hydrogens is 202 g/mol. The van der Waals surface area contributed by atoms with Gasteiger partial charge in [0.15, 0.2) is 0 Å². The second kappa shape index (κ2) is 7.22. The van der Waals surface area contributed by atoms with Crippen molar-refractivity contribution in [2.24, 2.45) is 11.7 Å². The molecule has 96 valence electrons. The summed E-state index contributed by atoms with van der Waals surface area (Å²) in [6, 6.07) is -0.0981. The molecule has 4 heteroatoms. The van der Waals surface area contributed by atoms with E-state index in [0.717, 1.165) is 19.0 Å². The first-order valence-corrected chi connectivity index (χ1v) is 6.35. The highest BCUT2D eigenvalue weighted by Gasteiger charge is 2.17. The van der Waals surface area contributed by atoms with Crippen molar-refractivity contribution in [3.05, 3.63) is 0 Å². The van der Waals surface area contributed by atoms with Crippen LogP contribution in [0.2, 0.25) is 0 Å². The molecule has 1 rings (SSSR count). The number of likely N-dealkylation sites (N-methyl/N-ethyl adjacent to an activating group) is 1. The first kappa shape index (κ1) is 13.9. The second-order valence-electron chi connectivity index (χ2n) is 5.26. The minimum atomic E-state index is -0.0981. The van der Waals surface area contributed by atoms with Crippen molar-refractivity contribution >= 4 is 0 Å². The van der Waals surface area contributed by atoms with E-state index in [1.54, 1.807) is 0 Å². The molecule has 3 N–H and O–H groups in total. The molecule has 1 aliphatic rings. The average Bonchev–Trinajstić information content (AvgIpc) is 2.26. The Hall–Kier alpha value is -0.160. The molecule has 0 aliphatic carbocycles. The second-order valence-corrected chi connectivity index (χ2v) is 5.26. The minimum absolute atomic E-state index is 0.0799. The molecule has 0 radical (unpaired) electrons. The van der Waals surface area contributed by atoms with Gasteiger partial charge in [-0.05, 0) is 52.4 Å². The zero-order valence-electron chi connectivity index (χ0n) is 10.7. The Morgan fingerprint density at radius 2 is 2.31 bits per heavy atom. The first-order valence-electron chi connectivity index (χ1n) is 6.35. The number of aliphatic hydroxyl groups is 1. The van der Waals surface area contributed by atoms with Gasteiger partial charge in [-0.25, -0.2) is 0 Å². The number of hydrogen-bond donors (Lipinski definition) is 2. The molecule has 0 amide bonds. The van der Waals surface area contributed by atoms with Gasteiger partial charge < -0.3 is 20.6 Å². The number of aliphatic hydroxyl groups excluding tert-OH is 1. The van der Waals surface area contributed by atoms with Crippen LogP contribution in [0.1, 0.15) is 19.3 Å². The van der Waals surface area contributed by atoms with Gasteiger partial charge in [0.05, 0.1) is 6.61 Å². The van der Waals surface area contributed by atoms with Gasteiger partial charge in [-0.1, -0.05) is 0 Å². The van der Waals surface area contributed by atoms with Crippen molar-refractivity contribution in [2.75, 3.05) is 46.9 Å². The molecule has 1 fully saturated rings. The highest BCUT2D eigenvalue weighted by atomic mass is 16.3. The van der Waals surface area contributed by atoms with Gasteiger partial charge in [0.25, 0.3) is 0 Å². The summed E-state index contributed by atoms with van der Waals surface area (Å²) in [7, 11) is 4.29. The summed E-state index contributed by atoms with van der Waals surface area (Å²) in [5.74, 6) is 0.839. The Bertz CT molecular complexity index is 189. The number of nitrogens with zero attached hydrogens (tertiary/aromatic N) is 2. The topological polar surface area (TPSA) is 52.7 Å². The van der Waals surface area contributed by atoms with Crippen LogP contribution in [0.5, 0.6) is 0 Å². The highest BCUT2D eigenvalue weighted by molar-refractivity contribution is 4.72. The maximum Gasteiger partial charge on any atom is 0.0595 e. The summed E-state index contributed by atoms with van der Waals surface area (Å²) in [5, 5.41) is 8.88. The van der Waals surface area contributed by atoms with Crippen LogP contribution in [-0.2, 0) is 0 Å². The number of likely N-dealkylation sites (tertiary alicyclic amines) is 1. The van der Waals surface area contributed by atoms with Gasteiger partial charge in [0.1, 0.15) is 0 Å². The fourth-order valence-corrected chi connectivity index (χ4v) is 2.46. The van der Waals surface area contributed by atoms with Gasteiger partial charge in [0.2, 0.25) is 0 Å². The van der Waals surface area contributed by atoms with Gasteiger partial charge >= 0.3 is 0 Å². The third-order valence-electron chi connectivity index (χ3n) is 3.42. The van der Waals surface area contributed by atoms with E-state index in [1.165, 1.54) is 32.4 Å². The van der Waals surface area contributed by atoms with Gasteiger partial charge in [-0.2, -0.15) is 0 Å². The average molecular weight is 229 g/mol. The molecule has 0 spiro atoms. The van der Waals surface area contributed by atoms with E-state index >= 15 is 0 Å². The quantitative estimate of drug-likeness (QED) is 0.671. The summed E-state index contributed by atoms with van der Waals surface area (Å²) in [6.45, 7) is 4.45. The van der Waals surface area contributed by atoms with E-state index < -0.39 is 0 Å². The van der Waals surface area contributed by atoms with E-state index in [4.69, 9.17) is 10.8 Å². The van der Waals surface area contributed by atoms with Crippen molar-refractivity contribution in [1.82, 2.24) is 9.80 Å². The lowest BCUT2D eigenvalue weighted by Gasteiger charge is -2.31. The van der Waals surface area contributed by atoms with Gasteiger partial charge in [-0.15, -0.1) is 0 Å². The van der Waals surface area contributed by atoms with Crippen LogP contribution in [0.15, 0.2) is 0 Å². The number of rotatable bonds is 6. The molecule has 0 aromatic rings. The summed E-state index contributed by atoms with van der Waals surface area (Å²) < 4.78 is 0. The van der Waals surface area contributed by atoms with Crippen LogP contribution in [-0.4, -0.2) is 67.8 Å². The molecule has 1 saturated heterocycles. The highest BCUT2D eigenvalue weighted by Crippen LogP contribution is 2.18. The molecule has 2 unspecified atom stereocenters. The number of nitrogens with two attached hydrogens (primary N) is 1. The Morgan fingerprint density at radius 3 is 2.94 bits per heavy atom. The third-order valence-corrected chi connectivity index (χ3v) is 3.42. The molecule has 0 bridgehead atoms. The van der Waals surface area contributed by atoms with Crippen molar-refractivity contribution in [3.63, 3.8) is 0 Å². The molecular formula is C12H27N3O. The zero-order valence-corrected chi connectivity index (χ0v) is 10.7. The molecule has 4 nitrogen and oxygen atoms in total. The van der Waals surface area contributed by atoms with Crippen LogP contribution in [0, 0.1) is 5.92 Å². The third kappa shape index (κ3) is 5.25. The fraction of sp³-hybridized carbons (Fsp3) is 1.00. The monoisotopic (exact) mass is 229 g/mol. The minimum Gasteiger partial charge on any atom is -0.395 e. The van der Waals surface area contributed by atoms with Crippen molar-refractivity contribution in [2.45, 2.75) is 25.3 Å². The SMILES string of the molecule is CN(CCC1CCCN(C)C1)CC(N)CO. The van der Waals surface area contributed by atoms with Crippen molar-refractivity contribution in [1.29, 1.82) is 0 Å². The van der Waals surface area contributed by atoms with Gasteiger partial charge in [-0.3, -0.25) is 0 Å². The first-order chi connectivity index (χ1) is 7.61. The van der Waals surface area contributed by atoms with Crippen molar-refractivity contribution in [3.8, 4) is 0 Å². The lowest BCUT2D eigenvalue weighted by molar-refractivity contribution is 0.176. The fourth-order valence-electron chi connectivity index (χ4n) is 2.46. The Kier molecular flexibility index (Phi) is 6.28. The Morgan fingerprint density at radius 1 is 1.56 bits per heavy atom. The molecule has 0 saturated carbocycles. The lowest BCUT2D eigenvalue weighted by Crippen LogP contribution is -2.39. The van der Waals surface area contributed by atoms with Crippen LogP contribution in [0.3, 0.4) is 0 Å².